The molecule has 1 aromatic carbocycles. The molecule has 0 radical (unpaired) electrons. The first-order valence-electron chi connectivity index (χ1n) is 8.35. The van der Waals surface area contributed by atoms with E-state index in [1.807, 2.05) is 0 Å². The Morgan fingerprint density at radius 2 is 1.78 bits per heavy atom. The van der Waals surface area contributed by atoms with Crippen molar-refractivity contribution in [1.82, 2.24) is 24.4 Å². The van der Waals surface area contributed by atoms with Crippen molar-refractivity contribution in [3.8, 4) is 0 Å². The van der Waals surface area contributed by atoms with Crippen LogP contribution in [-0.4, -0.2) is 31.1 Å². The van der Waals surface area contributed by atoms with Gasteiger partial charge in [0, 0.05) is 18.4 Å². The third-order valence-corrected chi connectivity index (χ3v) is 3.85. The highest BCUT2D eigenvalue weighted by atomic mass is 19.1. The standard InChI is InChI=1S/C18H18FN5O3/c1-11(2)22-14(25)10-23-16-15(20-7-8-21-16)17(26)24(18(23)27)9-12-3-5-13(19)6-4-12/h3-8,11H,9-10H2,1-2H3,(H,22,25). The van der Waals surface area contributed by atoms with Crippen LogP contribution in [0.4, 0.5) is 4.39 Å². The number of aromatic nitrogens is 4. The van der Waals surface area contributed by atoms with E-state index >= 15 is 0 Å². The van der Waals surface area contributed by atoms with Gasteiger partial charge in [-0.25, -0.2) is 19.2 Å². The van der Waals surface area contributed by atoms with Crippen molar-refractivity contribution in [3.63, 3.8) is 0 Å². The van der Waals surface area contributed by atoms with E-state index in [0.717, 1.165) is 9.13 Å². The molecule has 1 amide bonds. The summed E-state index contributed by atoms with van der Waals surface area (Å²) in [6.07, 6.45) is 2.69. The van der Waals surface area contributed by atoms with Crippen molar-refractivity contribution in [2.75, 3.05) is 0 Å². The Morgan fingerprint density at radius 1 is 1.11 bits per heavy atom. The summed E-state index contributed by atoms with van der Waals surface area (Å²) < 4.78 is 15.2. The zero-order valence-electron chi connectivity index (χ0n) is 14.8. The number of carbonyl (C=O) groups excluding carboxylic acids is 1. The smallest absolute Gasteiger partial charge is 0.333 e. The Kier molecular flexibility index (Phi) is 5.11. The molecule has 2 aromatic heterocycles. The van der Waals surface area contributed by atoms with Gasteiger partial charge in [-0.2, -0.15) is 0 Å². The van der Waals surface area contributed by atoms with Crippen LogP contribution in [-0.2, 0) is 17.9 Å². The molecule has 9 heteroatoms. The van der Waals surface area contributed by atoms with E-state index in [0.29, 0.717) is 5.56 Å². The maximum absolute atomic E-state index is 13.1. The second-order valence-corrected chi connectivity index (χ2v) is 6.34. The lowest BCUT2D eigenvalue weighted by Gasteiger charge is -2.14. The van der Waals surface area contributed by atoms with Gasteiger partial charge in [-0.1, -0.05) is 12.1 Å². The molecule has 8 nitrogen and oxygen atoms in total. The molecule has 0 spiro atoms. The second-order valence-electron chi connectivity index (χ2n) is 6.34. The lowest BCUT2D eigenvalue weighted by atomic mass is 10.2. The molecule has 0 bridgehead atoms. The van der Waals surface area contributed by atoms with Crippen molar-refractivity contribution >= 4 is 17.1 Å². The molecule has 0 aliphatic heterocycles. The minimum atomic E-state index is -0.684. The normalized spacial score (nSPS) is 11.1. The van der Waals surface area contributed by atoms with Gasteiger partial charge in [0.2, 0.25) is 5.91 Å². The van der Waals surface area contributed by atoms with Gasteiger partial charge in [-0.3, -0.25) is 18.7 Å². The summed E-state index contributed by atoms with van der Waals surface area (Å²) in [6, 6.07) is 5.36. The Hall–Kier alpha value is -3.36. The first kappa shape index (κ1) is 18.4. The molecular weight excluding hydrogens is 353 g/mol. The van der Waals surface area contributed by atoms with Gasteiger partial charge < -0.3 is 5.32 Å². The first-order valence-corrected chi connectivity index (χ1v) is 8.35. The van der Waals surface area contributed by atoms with Crippen LogP contribution in [0.1, 0.15) is 19.4 Å². The van der Waals surface area contributed by atoms with E-state index in [-0.39, 0.29) is 36.2 Å². The van der Waals surface area contributed by atoms with Gasteiger partial charge in [-0.05, 0) is 31.5 Å². The second kappa shape index (κ2) is 7.48. The number of benzene rings is 1. The molecule has 27 heavy (non-hydrogen) atoms. The highest BCUT2D eigenvalue weighted by Gasteiger charge is 2.17. The Bertz CT molecular complexity index is 1100. The SMILES string of the molecule is CC(C)NC(=O)Cn1c(=O)n(Cc2ccc(F)cc2)c(=O)c2nccnc21. The lowest BCUT2D eigenvalue weighted by molar-refractivity contribution is -0.122. The van der Waals surface area contributed by atoms with Gasteiger partial charge in [0.15, 0.2) is 11.2 Å². The number of nitrogens with zero attached hydrogens (tertiary/aromatic N) is 4. The molecule has 140 valence electrons. The molecule has 3 aromatic rings. The van der Waals surface area contributed by atoms with Crippen molar-refractivity contribution in [2.45, 2.75) is 33.0 Å². The highest BCUT2D eigenvalue weighted by Crippen LogP contribution is 2.05. The van der Waals surface area contributed by atoms with Crippen LogP contribution in [0, 0.1) is 5.82 Å². The van der Waals surface area contributed by atoms with E-state index in [1.165, 1.54) is 36.7 Å². The monoisotopic (exact) mass is 371 g/mol. The average molecular weight is 371 g/mol. The van der Waals surface area contributed by atoms with Crippen LogP contribution in [0.3, 0.4) is 0 Å². The van der Waals surface area contributed by atoms with Crippen molar-refractivity contribution < 1.29 is 9.18 Å². The molecule has 3 rings (SSSR count). The number of halogens is 1. The van der Waals surface area contributed by atoms with Crippen molar-refractivity contribution in [2.24, 2.45) is 0 Å². The van der Waals surface area contributed by atoms with E-state index in [9.17, 15) is 18.8 Å². The number of rotatable bonds is 5. The number of carbonyl (C=O) groups is 1. The average Bonchev–Trinajstić information content (AvgIpc) is 2.63. The van der Waals surface area contributed by atoms with Crippen LogP contribution in [0.25, 0.3) is 11.2 Å². The van der Waals surface area contributed by atoms with Gasteiger partial charge in [-0.15, -0.1) is 0 Å². The fraction of sp³-hybridized carbons (Fsp3) is 0.278. The maximum atomic E-state index is 13.1. The third-order valence-electron chi connectivity index (χ3n) is 3.85. The molecule has 2 heterocycles. The first-order chi connectivity index (χ1) is 12.9. The van der Waals surface area contributed by atoms with Gasteiger partial charge in [0.05, 0.1) is 6.54 Å². The number of nitrogens with one attached hydrogen (secondary N) is 1. The van der Waals surface area contributed by atoms with Crippen molar-refractivity contribution in [1.29, 1.82) is 0 Å². The number of amides is 1. The molecule has 0 aliphatic rings. The third kappa shape index (κ3) is 3.91. The minimum absolute atomic E-state index is 0.0171. The molecule has 1 N–H and O–H groups in total. The lowest BCUT2D eigenvalue weighted by Crippen LogP contribution is -2.44. The predicted molar refractivity (Wildman–Crippen MR) is 96.8 cm³/mol. The Balaban J connectivity index is 2.13. The maximum Gasteiger partial charge on any atom is 0.333 e. The fourth-order valence-corrected chi connectivity index (χ4v) is 2.70. The van der Waals surface area contributed by atoms with Crippen LogP contribution < -0.4 is 16.6 Å². The van der Waals surface area contributed by atoms with E-state index in [4.69, 9.17) is 0 Å². The zero-order chi connectivity index (χ0) is 19.6. The number of hydrogen-bond donors (Lipinski definition) is 1. The number of hydrogen-bond acceptors (Lipinski definition) is 5. The topological polar surface area (TPSA) is 98.9 Å². The highest BCUT2D eigenvalue weighted by molar-refractivity contribution is 5.78. The summed E-state index contributed by atoms with van der Waals surface area (Å²) in [7, 11) is 0. The summed E-state index contributed by atoms with van der Waals surface area (Å²) in [5.74, 6) is -0.802. The van der Waals surface area contributed by atoms with Gasteiger partial charge in [0.25, 0.3) is 5.56 Å². The van der Waals surface area contributed by atoms with E-state index in [2.05, 4.69) is 15.3 Å². The van der Waals surface area contributed by atoms with Crippen LogP contribution >= 0.6 is 0 Å². The molecular formula is C18H18FN5O3. The summed E-state index contributed by atoms with van der Waals surface area (Å²) in [6.45, 7) is 3.23. The van der Waals surface area contributed by atoms with Gasteiger partial charge >= 0.3 is 5.69 Å². The largest absolute Gasteiger partial charge is 0.352 e. The van der Waals surface area contributed by atoms with Crippen LogP contribution in [0.2, 0.25) is 0 Å². The Morgan fingerprint density at radius 3 is 2.44 bits per heavy atom. The molecule has 0 unspecified atom stereocenters. The molecule has 0 fully saturated rings. The summed E-state index contributed by atoms with van der Waals surface area (Å²) in [5.41, 5.74) is -0.709. The predicted octanol–water partition coefficient (Wildman–Crippen LogP) is 0.665. The summed E-state index contributed by atoms with van der Waals surface area (Å²) in [5, 5.41) is 2.70. The minimum Gasteiger partial charge on any atom is -0.352 e. The number of fused-ring (bicyclic) bond motifs is 1. The summed E-state index contributed by atoms with van der Waals surface area (Å²) >= 11 is 0. The van der Waals surface area contributed by atoms with E-state index in [1.54, 1.807) is 13.8 Å². The zero-order valence-corrected chi connectivity index (χ0v) is 14.8. The quantitative estimate of drug-likeness (QED) is 0.711. The molecule has 0 aliphatic carbocycles. The Labute approximate surface area is 153 Å². The van der Waals surface area contributed by atoms with Gasteiger partial charge in [0.1, 0.15) is 12.4 Å². The summed E-state index contributed by atoms with van der Waals surface area (Å²) in [4.78, 5) is 45.8. The molecule has 0 atom stereocenters. The van der Waals surface area contributed by atoms with Crippen LogP contribution in [0.15, 0.2) is 46.2 Å². The van der Waals surface area contributed by atoms with E-state index < -0.39 is 17.1 Å². The molecule has 0 saturated carbocycles. The van der Waals surface area contributed by atoms with Crippen LogP contribution in [0.5, 0.6) is 0 Å². The van der Waals surface area contributed by atoms with Crippen molar-refractivity contribution in [3.05, 3.63) is 68.9 Å². The fourth-order valence-electron chi connectivity index (χ4n) is 2.70. The molecule has 0 saturated heterocycles.